The summed E-state index contributed by atoms with van der Waals surface area (Å²) in [4.78, 5) is 18.2. The fourth-order valence-corrected chi connectivity index (χ4v) is 4.74. The zero-order valence-electron chi connectivity index (χ0n) is 19.3. The lowest BCUT2D eigenvalue weighted by molar-refractivity contribution is 0.243. The molecule has 0 amide bonds. The summed E-state index contributed by atoms with van der Waals surface area (Å²) in [5.74, 6) is 1.84. The number of halogens is 1. The number of nitrogens with zero attached hydrogens (tertiary/aromatic N) is 9. The average Bonchev–Trinajstić information content (AvgIpc) is 3.50. The molecular weight excluding hydrogens is 462 g/mol. The third-order valence-electron chi connectivity index (χ3n) is 6.34. The van der Waals surface area contributed by atoms with Crippen molar-refractivity contribution >= 4 is 22.9 Å². The number of hydrogen-bond acceptors (Lipinski definition) is 7. The van der Waals surface area contributed by atoms with Crippen molar-refractivity contribution in [1.29, 1.82) is 0 Å². The number of rotatable bonds is 5. The van der Waals surface area contributed by atoms with E-state index in [9.17, 15) is 0 Å². The molecule has 35 heavy (non-hydrogen) atoms. The quantitative estimate of drug-likeness (QED) is 0.376. The number of pyridine rings is 2. The van der Waals surface area contributed by atoms with Crippen molar-refractivity contribution in [3.05, 3.63) is 78.5 Å². The summed E-state index contributed by atoms with van der Waals surface area (Å²) in [6.07, 6.45) is 13.0. The Kier molecular flexibility index (Phi) is 5.63. The first-order valence-electron chi connectivity index (χ1n) is 11.5. The van der Waals surface area contributed by atoms with Crippen LogP contribution in [0.25, 0.3) is 27.8 Å². The summed E-state index contributed by atoms with van der Waals surface area (Å²) in [6.45, 7) is 4.49. The first-order valence-corrected chi connectivity index (χ1v) is 11.9. The third kappa shape index (κ3) is 4.36. The molecule has 0 saturated carbocycles. The fraction of sp³-hybridized carbons (Fsp3) is 0.240. The lowest BCUT2D eigenvalue weighted by Crippen LogP contribution is -2.46. The Morgan fingerprint density at radius 1 is 0.857 bits per heavy atom. The van der Waals surface area contributed by atoms with E-state index >= 15 is 0 Å². The van der Waals surface area contributed by atoms with E-state index in [4.69, 9.17) is 16.6 Å². The second-order valence-electron chi connectivity index (χ2n) is 8.66. The van der Waals surface area contributed by atoms with E-state index in [1.807, 2.05) is 42.4 Å². The fourth-order valence-electron chi connectivity index (χ4n) is 4.51. The normalized spacial score (nSPS) is 14.6. The van der Waals surface area contributed by atoms with Crippen LogP contribution in [0.2, 0.25) is 5.02 Å². The highest BCUT2D eigenvalue weighted by Crippen LogP contribution is 2.34. The van der Waals surface area contributed by atoms with Crippen LogP contribution in [0, 0.1) is 0 Å². The molecule has 0 atom stereocenters. The Morgan fingerprint density at radius 3 is 2.40 bits per heavy atom. The molecule has 0 aromatic carbocycles. The number of piperazine rings is 1. The molecule has 1 fully saturated rings. The van der Waals surface area contributed by atoms with Crippen LogP contribution in [-0.2, 0) is 13.6 Å². The van der Waals surface area contributed by atoms with Gasteiger partial charge in [0.25, 0.3) is 0 Å². The molecule has 0 radical (unpaired) electrons. The van der Waals surface area contributed by atoms with E-state index in [2.05, 4.69) is 48.2 Å². The molecule has 5 aromatic heterocycles. The molecule has 5 aromatic rings. The number of fused-ring (bicyclic) bond motifs is 1. The van der Waals surface area contributed by atoms with Crippen molar-refractivity contribution in [2.24, 2.45) is 7.05 Å². The van der Waals surface area contributed by atoms with Gasteiger partial charge in [0.05, 0.1) is 29.5 Å². The van der Waals surface area contributed by atoms with Crippen molar-refractivity contribution < 1.29 is 0 Å². The largest absolute Gasteiger partial charge is 0.354 e. The van der Waals surface area contributed by atoms with Crippen LogP contribution in [0.5, 0.6) is 0 Å². The van der Waals surface area contributed by atoms with Crippen LogP contribution in [0.4, 0.5) is 5.82 Å². The number of aryl methyl sites for hydroxylation is 1. The van der Waals surface area contributed by atoms with Crippen LogP contribution in [0.1, 0.15) is 5.82 Å². The second-order valence-corrected chi connectivity index (χ2v) is 9.07. The van der Waals surface area contributed by atoms with Crippen molar-refractivity contribution in [1.82, 2.24) is 39.2 Å². The summed E-state index contributed by atoms with van der Waals surface area (Å²) in [5, 5.41) is 9.36. The molecule has 0 aliphatic carbocycles. The molecule has 6 rings (SSSR count). The van der Waals surface area contributed by atoms with Crippen LogP contribution < -0.4 is 4.90 Å². The van der Waals surface area contributed by atoms with Crippen molar-refractivity contribution in [2.75, 3.05) is 31.1 Å². The van der Waals surface area contributed by atoms with Crippen molar-refractivity contribution in [3.8, 4) is 22.3 Å². The van der Waals surface area contributed by atoms with Gasteiger partial charge in [-0.2, -0.15) is 10.2 Å². The summed E-state index contributed by atoms with van der Waals surface area (Å²) in [6, 6.07) is 8.17. The minimum absolute atomic E-state index is 0.611. The zero-order chi connectivity index (χ0) is 23.8. The van der Waals surface area contributed by atoms with Gasteiger partial charge in [-0.3, -0.25) is 9.58 Å². The Hall–Kier alpha value is -3.82. The van der Waals surface area contributed by atoms with E-state index in [-0.39, 0.29) is 0 Å². The first kappa shape index (κ1) is 21.7. The third-order valence-corrected chi connectivity index (χ3v) is 6.62. The van der Waals surface area contributed by atoms with Gasteiger partial charge in [0, 0.05) is 86.5 Å². The average molecular weight is 486 g/mol. The molecule has 1 saturated heterocycles. The van der Waals surface area contributed by atoms with Gasteiger partial charge in [0.2, 0.25) is 0 Å². The molecule has 1 aliphatic rings. The maximum atomic E-state index is 6.51. The standard InChI is InChI=1S/C25H24ClN9/c1-32-15-20(13-30-32)19-11-21(25-22(26)14-31-35(25)16-19)18-3-4-24(29-12-18)34-9-7-33(8-10-34)17-23-27-5-2-6-28-23/h2-6,11-16H,7-10,17H2,1H3. The van der Waals surface area contributed by atoms with Gasteiger partial charge in [-0.25, -0.2) is 19.5 Å². The number of anilines is 1. The van der Waals surface area contributed by atoms with Crippen molar-refractivity contribution in [3.63, 3.8) is 0 Å². The minimum Gasteiger partial charge on any atom is -0.354 e. The molecule has 176 valence electrons. The second kappa shape index (κ2) is 9.09. The number of aromatic nitrogens is 7. The van der Waals surface area contributed by atoms with E-state index in [1.165, 1.54) is 0 Å². The Labute approximate surface area is 207 Å². The van der Waals surface area contributed by atoms with Crippen LogP contribution in [0.15, 0.2) is 67.6 Å². The molecular formula is C25H24ClN9. The Balaban J connectivity index is 1.23. The molecule has 0 bridgehead atoms. The van der Waals surface area contributed by atoms with Crippen molar-refractivity contribution in [2.45, 2.75) is 6.54 Å². The Morgan fingerprint density at radius 2 is 1.69 bits per heavy atom. The molecule has 6 heterocycles. The van der Waals surface area contributed by atoms with Crippen LogP contribution >= 0.6 is 11.6 Å². The van der Waals surface area contributed by atoms with Gasteiger partial charge < -0.3 is 4.90 Å². The summed E-state index contributed by atoms with van der Waals surface area (Å²) in [5.41, 5.74) is 4.88. The predicted molar refractivity (Wildman–Crippen MR) is 135 cm³/mol. The van der Waals surface area contributed by atoms with E-state index in [1.54, 1.807) is 23.3 Å². The van der Waals surface area contributed by atoms with Crippen LogP contribution in [0.3, 0.4) is 0 Å². The van der Waals surface area contributed by atoms with Gasteiger partial charge >= 0.3 is 0 Å². The molecule has 0 unspecified atom stereocenters. The maximum Gasteiger partial charge on any atom is 0.142 e. The highest BCUT2D eigenvalue weighted by Gasteiger charge is 2.19. The van der Waals surface area contributed by atoms with Crippen LogP contribution in [-0.4, -0.2) is 65.4 Å². The maximum absolute atomic E-state index is 6.51. The zero-order valence-corrected chi connectivity index (χ0v) is 20.0. The van der Waals surface area contributed by atoms with Gasteiger partial charge in [-0.15, -0.1) is 0 Å². The lowest BCUT2D eigenvalue weighted by atomic mass is 10.0. The number of hydrogen-bond donors (Lipinski definition) is 0. The molecule has 0 N–H and O–H groups in total. The topological polar surface area (TPSA) is 80.3 Å². The smallest absolute Gasteiger partial charge is 0.142 e. The summed E-state index contributed by atoms with van der Waals surface area (Å²) in [7, 11) is 1.91. The monoisotopic (exact) mass is 485 g/mol. The lowest BCUT2D eigenvalue weighted by Gasteiger charge is -2.35. The highest BCUT2D eigenvalue weighted by atomic mass is 35.5. The van der Waals surface area contributed by atoms with Gasteiger partial charge in [-0.1, -0.05) is 11.6 Å². The highest BCUT2D eigenvalue weighted by molar-refractivity contribution is 6.34. The van der Waals surface area contributed by atoms with E-state index < -0.39 is 0 Å². The van der Waals surface area contributed by atoms with Gasteiger partial charge in [0.1, 0.15) is 11.6 Å². The first-order chi connectivity index (χ1) is 17.1. The molecule has 0 spiro atoms. The van der Waals surface area contributed by atoms with E-state index in [0.29, 0.717) is 5.02 Å². The summed E-state index contributed by atoms with van der Waals surface area (Å²) < 4.78 is 3.61. The SMILES string of the molecule is Cn1cc(-c2cc(-c3ccc(N4CCN(Cc5ncccn5)CC4)nc3)c3c(Cl)cnn3c2)cn1. The molecule has 9 nitrogen and oxygen atoms in total. The Bertz CT molecular complexity index is 1450. The van der Waals surface area contributed by atoms with Gasteiger partial charge in [-0.05, 0) is 24.3 Å². The minimum atomic E-state index is 0.611. The van der Waals surface area contributed by atoms with Gasteiger partial charge in [0.15, 0.2) is 0 Å². The molecule has 1 aliphatic heterocycles. The van der Waals surface area contributed by atoms with E-state index in [0.717, 1.165) is 72.1 Å². The summed E-state index contributed by atoms with van der Waals surface area (Å²) >= 11 is 6.51. The molecule has 10 heteroatoms. The predicted octanol–water partition coefficient (Wildman–Crippen LogP) is 3.56.